The van der Waals surface area contributed by atoms with Gasteiger partial charge in [0.15, 0.2) is 0 Å². The Morgan fingerprint density at radius 3 is 2.54 bits per heavy atom. The molecule has 2 aromatic heterocycles. The maximum absolute atomic E-state index is 13.6. The zero-order valence-corrected chi connectivity index (χ0v) is 23.4. The van der Waals surface area contributed by atoms with Crippen LogP contribution in [0.1, 0.15) is 25.2 Å². The molecule has 3 heterocycles. The zero-order chi connectivity index (χ0) is 29.0. The van der Waals surface area contributed by atoms with Crippen molar-refractivity contribution in [2.24, 2.45) is 0 Å². The van der Waals surface area contributed by atoms with Crippen LogP contribution < -0.4 is 5.32 Å². The second kappa shape index (κ2) is 11.9. The van der Waals surface area contributed by atoms with Gasteiger partial charge in [-0.2, -0.15) is 14.7 Å². The lowest BCUT2D eigenvalue weighted by atomic mass is 10.1. The van der Waals surface area contributed by atoms with Crippen LogP contribution in [-0.4, -0.2) is 53.7 Å². The SMILES string of the molecule is CC1CN(S(=O)(=O)c2cccc(-c3nn(-c4ccccc4)cc3C=C(C#N)C(=O)NCc3ccco3)c2)CC(C)O1. The second-order valence-corrected chi connectivity index (χ2v) is 11.7. The Labute approximate surface area is 238 Å². The lowest BCUT2D eigenvalue weighted by molar-refractivity contribution is -0.117. The first-order chi connectivity index (χ1) is 19.7. The van der Waals surface area contributed by atoms with Crippen molar-refractivity contribution < 1.29 is 22.4 Å². The van der Waals surface area contributed by atoms with Crippen molar-refractivity contribution in [3.63, 3.8) is 0 Å². The number of carbonyl (C=O) groups excluding carboxylic acids is 1. The van der Waals surface area contributed by atoms with E-state index in [-0.39, 0.29) is 42.3 Å². The van der Waals surface area contributed by atoms with Crippen LogP contribution in [0.15, 0.2) is 94.1 Å². The summed E-state index contributed by atoms with van der Waals surface area (Å²) in [4.78, 5) is 13.0. The molecular formula is C30H29N5O5S. The lowest BCUT2D eigenvalue weighted by Gasteiger charge is -2.34. The highest BCUT2D eigenvalue weighted by Gasteiger charge is 2.32. The van der Waals surface area contributed by atoms with E-state index in [4.69, 9.17) is 14.3 Å². The van der Waals surface area contributed by atoms with E-state index in [1.165, 1.54) is 16.6 Å². The summed E-state index contributed by atoms with van der Waals surface area (Å²) >= 11 is 0. The third kappa shape index (κ3) is 6.30. The van der Waals surface area contributed by atoms with Crippen molar-refractivity contribution >= 4 is 22.0 Å². The molecule has 1 amide bonds. The molecule has 10 nitrogen and oxygen atoms in total. The number of morpholine rings is 1. The number of furan rings is 1. The van der Waals surface area contributed by atoms with Crippen molar-refractivity contribution in [2.45, 2.75) is 37.5 Å². The molecule has 1 fully saturated rings. The molecule has 1 saturated heterocycles. The van der Waals surface area contributed by atoms with Crippen LogP contribution in [0.4, 0.5) is 0 Å². The number of para-hydroxylation sites is 1. The van der Waals surface area contributed by atoms with Crippen molar-refractivity contribution in [1.82, 2.24) is 19.4 Å². The molecule has 5 rings (SSSR count). The van der Waals surface area contributed by atoms with Crippen molar-refractivity contribution in [2.75, 3.05) is 13.1 Å². The minimum Gasteiger partial charge on any atom is -0.467 e. The third-order valence-electron chi connectivity index (χ3n) is 6.56. The van der Waals surface area contributed by atoms with Gasteiger partial charge in [0.25, 0.3) is 5.91 Å². The molecule has 0 bridgehead atoms. The Kier molecular flexibility index (Phi) is 8.16. The highest BCUT2D eigenvalue weighted by Crippen LogP contribution is 2.29. The predicted octanol–water partition coefficient (Wildman–Crippen LogP) is 4.15. The highest BCUT2D eigenvalue weighted by molar-refractivity contribution is 7.89. The fourth-order valence-electron chi connectivity index (χ4n) is 4.69. The molecule has 41 heavy (non-hydrogen) atoms. The average molecular weight is 572 g/mol. The van der Waals surface area contributed by atoms with Gasteiger partial charge in [-0.25, -0.2) is 13.1 Å². The Morgan fingerprint density at radius 1 is 1.10 bits per heavy atom. The Hall–Kier alpha value is -4.50. The second-order valence-electron chi connectivity index (χ2n) is 9.75. The van der Waals surface area contributed by atoms with Crippen molar-refractivity contribution in [1.29, 1.82) is 5.26 Å². The first-order valence-corrected chi connectivity index (χ1v) is 14.5. The van der Waals surface area contributed by atoms with Crippen molar-refractivity contribution in [3.8, 4) is 23.0 Å². The molecule has 1 aliphatic heterocycles. The highest BCUT2D eigenvalue weighted by atomic mass is 32.2. The number of carbonyl (C=O) groups is 1. The van der Waals surface area contributed by atoms with Crippen molar-refractivity contribution in [3.05, 3.63) is 96.1 Å². The molecule has 1 N–H and O–H groups in total. The van der Waals surface area contributed by atoms with Crippen LogP contribution in [0.5, 0.6) is 0 Å². The number of nitrogens with one attached hydrogen (secondary N) is 1. The number of sulfonamides is 1. The number of hydrogen-bond donors (Lipinski definition) is 1. The van der Waals surface area contributed by atoms with E-state index < -0.39 is 15.9 Å². The molecule has 2 aromatic carbocycles. The number of amides is 1. The number of nitrogens with zero attached hydrogens (tertiary/aromatic N) is 4. The summed E-state index contributed by atoms with van der Waals surface area (Å²) in [7, 11) is -3.81. The molecule has 0 aliphatic carbocycles. The van der Waals surface area contributed by atoms with Gasteiger partial charge in [0, 0.05) is 30.4 Å². The summed E-state index contributed by atoms with van der Waals surface area (Å²) in [5, 5.41) is 17.2. The summed E-state index contributed by atoms with van der Waals surface area (Å²) < 4.78 is 41.2. The number of nitriles is 1. The number of hydrogen-bond acceptors (Lipinski definition) is 7. The van der Waals surface area contributed by atoms with Gasteiger partial charge in [-0.15, -0.1) is 0 Å². The molecule has 2 unspecified atom stereocenters. The van der Waals surface area contributed by atoms with Crippen LogP contribution in [-0.2, 0) is 26.1 Å². The van der Waals surface area contributed by atoms with E-state index in [0.29, 0.717) is 22.6 Å². The topological polar surface area (TPSA) is 130 Å². The van der Waals surface area contributed by atoms with E-state index in [1.807, 2.05) is 50.2 Å². The summed E-state index contributed by atoms with van der Waals surface area (Å²) in [6.07, 6.45) is 4.21. The van der Waals surface area contributed by atoms with Gasteiger partial charge in [-0.05, 0) is 56.3 Å². The smallest absolute Gasteiger partial charge is 0.262 e. The quantitative estimate of drug-likeness (QED) is 0.248. The molecular weight excluding hydrogens is 542 g/mol. The van der Waals surface area contributed by atoms with Gasteiger partial charge in [-0.3, -0.25) is 4.79 Å². The van der Waals surface area contributed by atoms with Gasteiger partial charge >= 0.3 is 0 Å². The fraction of sp³-hybridized carbons (Fsp3) is 0.233. The van der Waals surface area contributed by atoms with Gasteiger partial charge in [-0.1, -0.05) is 30.3 Å². The molecule has 0 spiro atoms. The molecule has 4 aromatic rings. The van der Waals surface area contributed by atoms with E-state index in [0.717, 1.165) is 5.69 Å². The van der Waals surface area contributed by atoms with Gasteiger partial charge in [0.2, 0.25) is 10.0 Å². The molecule has 1 aliphatic rings. The standard InChI is InChI=1S/C30H29N5O5S/c1-21-18-34(19-22(2)40-21)41(37,38)28-12-6-8-23(15-28)29-25(20-35(33-29)26-9-4-3-5-10-26)14-24(16-31)30(36)32-17-27-11-7-13-39-27/h3-15,20-22H,17-19H2,1-2H3,(H,32,36). The molecule has 210 valence electrons. The number of benzene rings is 2. The molecule has 0 saturated carbocycles. The number of aromatic nitrogens is 2. The summed E-state index contributed by atoms with van der Waals surface area (Å²) in [5.74, 6) is -0.0236. The molecule has 11 heteroatoms. The summed E-state index contributed by atoms with van der Waals surface area (Å²) in [5.41, 5.74) is 2.04. The molecule has 0 radical (unpaired) electrons. The van der Waals surface area contributed by atoms with E-state index in [1.54, 1.807) is 47.3 Å². The monoisotopic (exact) mass is 571 g/mol. The van der Waals surface area contributed by atoms with E-state index >= 15 is 0 Å². The van der Waals surface area contributed by atoms with Crippen LogP contribution in [0.3, 0.4) is 0 Å². The number of ether oxygens (including phenoxy) is 1. The first-order valence-electron chi connectivity index (χ1n) is 13.1. The third-order valence-corrected chi connectivity index (χ3v) is 8.39. The lowest BCUT2D eigenvalue weighted by Crippen LogP contribution is -2.48. The Morgan fingerprint density at radius 2 is 1.85 bits per heavy atom. The van der Waals surface area contributed by atoms with Crippen LogP contribution in [0.25, 0.3) is 23.0 Å². The Bertz CT molecular complexity index is 1700. The molecule has 2 atom stereocenters. The van der Waals surface area contributed by atoms with Crippen LogP contribution in [0, 0.1) is 11.3 Å². The van der Waals surface area contributed by atoms with E-state index in [9.17, 15) is 18.5 Å². The van der Waals surface area contributed by atoms with Gasteiger partial charge < -0.3 is 14.5 Å². The average Bonchev–Trinajstić information content (AvgIpc) is 3.65. The van der Waals surface area contributed by atoms with Crippen LogP contribution >= 0.6 is 0 Å². The van der Waals surface area contributed by atoms with Crippen LogP contribution in [0.2, 0.25) is 0 Å². The maximum atomic E-state index is 13.6. The summed E-state index contributed by atoms with van der Waals surface area (Å²) in [6, 6.07) is 21.3. The van der Waals surface area contributed by atoms with Gasteiger partial charge in [0.05, 0.1) is 35.6 Å². The van der Waals surface area contributed by atoms with Gasteiger partial charge in [0.1, 0.15) is 23.1 Å². The maximum Gasteiger partial charge on any atom is 0.262 e. The largest absolute Gasteiger partial charge is 0.467 e. The Balaban J connectivity index is 1.53. The summed E-state index contributed by atoms with van der Waals surface area (Å²) in [6.45, 7) is 4.33. The van der Waals surface area contributed by atoms with E-state index in [2.05, 4.69) is 5.32 Å². The fourth-order valence-corrected chi connectivity index (χ4v) is 6.33. The zero-order valence-electron chi connectivity index (χ0n) is 22.6. The predicted molar refractivity (Wildman–Crippen MR) is 152 cm³/mol. The first kappa shape index (κ1) is 28.0. The minimum atomic E-state index is -3.81. The normalized spacial score (nSPS) is 18.1. The minimum absolute atomic E-state index is 0.122. The number of rotatable bonds is 8.